The predicted octanol–water partition coefficient (Wildman–Crippen LogP) is 6.71. The molecule has 314 valence electrons. The molecule has 18 heteroatoms. The lowest BCUT2D eigenvalue weighted by Crippen LogP contribution is -2.51. The standard InChI is InChI=1S/C43H39ClF3N9O5/c1-25-38(61-23-26-6-3-2-4-7-26)35(49-24-48-25)40(58)54-17-15-53(16-18-54)37-36(27-8-5-9-27)55(22-34(57)50-32-12-11-30(21-31(32)44)43(45,46)47)42-51-39(52-56(42)41(37)59)29-10-13-33-28(20-29)14-19-60-33/h2-4,6-7,10-13,20-21,24,27H,5,8-9,14-19,22-23H2,1H3,(H,50,57). The monoisotopic (exact) mass is 853 g/mol. The summed E-state index contributed by atoms with van der Waals surface area (Å²) in [5, 5.41) is 7.08. The molecule has 3 aliphatic rings. The Labute approximate surface area is 351 Å². The lowest BCUT2D eigenvalue weighted by Gasteiger charge is -2.39. The van der Waals surface area contributed by atoms with Gasteiger partial charge in [-0.15, -0.1) is 5.10 Å². The number of hydrogen-bond acceptors (Lipinski definition) is 10. The minimum atomic E-state index is -4.62. The molecule has 1 aliphatic carbocycles. The largest absolute Gasteiger partial charge is 0.493 e. The Morgan fingerprint density at radius 2 is 1.79 bits per heavy atom. The second-order valence-electron chi connectivity index (χ2n) is 15.3. The van der Waals surface area contributed by atoms with Gasteiger partial charge in [-0.05, 0) is 67.3 Å². The van der Waals surface area contributed by atoms with E-state index < -0.39 is 23.2 Å². The van der Waals surface area contributed by atoms with Crippen molar-refractivity contribution >= 4 is 40.6 Å². The summed E-state index contributed by atoms with van der Waals surface area (Å²) >= 11 is 6.23. The number of aryl methyl sites for hydroxylation is 1. The fourth-order valence-electron chi connectivity index (χ4n) is 7.98. The SMILES string of the molecule is Cc1ncnc(C(=O)N2CCN(c3c(C4CCC4)n(CC(=O)Nc4ccc(C(F)(F)F)cc4Cl)c4nc(-c5ccc6c(c5)CCO6)nn4c3=O)CC2)c1OCc1ccccc1. The first-order valence-electron chi connectivity index (χ1n) is 19.9. The van der Waals surface area contributed by atoms with Crippen LogP contribution >= 0.6 is 11.6 Å². The highest BCUT2D eigenvalue weighted by Gasteiger charge is 2.36. The van der Waals surface area contributed by atoms with Crippen LogP contribution in [0.3, 0.4) is 0 Å². The van der Waals surface area contributed by atoms with E-state index in [1.54, 1.807) is 16.4 Å². The van der Waals surface area contributed by atoms with Crippen LogP contribution in [0.4, 0.5) is 24.5 Å². The number of anilines is 2. The Balaban J connectivity index is 1.05. The van der Waals surface area contributed by atoms with Crippen LogP contribution in [-0.4, -0.2) is 78.6 Å². The number of alkyl halides is 3. The molecule has 1 saturated carbocycles. The highest BCUT2D eigenvalue weighted by Crippen LogP contribution is 2.41. The lowest BCUT2D eigenvalue weighted by molar-refractivity contribution is -0.137. The number of carbonyl (C=O) groups is 2. The number of ether oxygens (including phenoxy) is 2. The van der Waals surface area contributed by atoms with Crippen molar-refractivity contribution in [3.05, 3.63) is 122 Å². The number of nitrogens with one attached hydrogen (secondary N) is 1. The van der Waals surface area contributed by atoms with E-state index in [1.165, 1.54) is 10.8 Å². The molecule has 14 nitrogen and oxygen atoms in total. The second-order valence-corrected chi connectivity index (χ2v) is 15.7. The molecule has 3 aromatic carbocycles. The summed E-state index contributed by atoms with van der Waals surface area (Å²) in [4.78, 5) is 59.8. The number of nitrogens with zero attached hydrogens (tertiary/aromatic N) is 8. The fraction of sp³-hybridized carbons (Fsp3) is 0.326. The molecule has 3 aromatic heterocycles. The molecule has 2 aliphatic heterocycles. The van der Waals surface area contributed by atoms with E-state index in [1.807, 2.05) is 53.4 Å². The molecule has 0 atom stereocenters. The minimum Gasteiger partial charge on any atom is -0.493 e. The van der Waals surface area contributed by atoms with Crippen LogP contribution in [0.15, 0.2) is 77.9 Å². The van der Waals surface area contributed by atoms with Crippen LogP contribution in [0.2, 0.25) is 5.02 Å². The zero-order valence-electron chi connectivity index (χ0n) is 32.9. The molecule has 0 spiro atoms. The van der Waals surface area contributed by atoms with Crippen molar-refractivity contribution in [3.63, 3.8) is 0 Å². The van der Waals surface area contributed by atoms with Crippen LogP contribution in [0.25, 0.3) is 17.2 Å². The van der Waals surface area contributed by atoms with Crippen LogP contribution in [0.1, 0.15) is 63.7 Å². The zero-order valence-corrected chi connectivity index (χ0v) is 33.7. The molecule has 61 heavy (non-hydrogen) atoms. The van der Waals surface area contributed by atoms with Gasteiger partial charge in [-0.2, -0.15) is 22.7 Å². The molecule has 0 radical (unpaired) electrons. The third-order valence-electron chi connectivity index (χ3n) is 11.4. The molecule has 2 fully saturated rings. The molecule has 0 bridgehead atoms. The van der Waals surface area contributed by atoms with Gasteiger partial charge in [0.25, 0.3) is 11.5 Å². The van der Waals surface area contributed by atoms with Crippen molar-refractivity contribution in [1.29, 1.82) is 0 Å². The first-order valence-corrected chi connectivity index (χ1v) is 20.3. The summed E-state index contributed by atoms with van der Waals surface area (Å²) in [5.41, 5.74) is 2.79. The van der Waals surface area contributed by atoms with Gasteiger partial charge in [0.1, 0.15) is 30.9 Å². The van der Waals surface area contributed by atoms with Crippen molar-refractivity contribution in [1.82, 2.24) is 34.0 Å². The number of amides is 2. The highest BCUT2D eigenvalue weighted by atomic mass is 35.5. The molecule has 9 rings (SSSR count). The maximum atomic E-state index is 14.8. The fourth-order valence-corrected chi connectivity index (χ4v) is 8.21. The summed E-state index contributed by atoms with van der Waals surface area (Å²) in [7, 11) is 0. The van der Waals surface area contributed by atoms with Gasteiger partial charge in [0, 0.05) is 44.1 Å². The summed E-state index contributed by atoms with van der Waals surface area (Å²) in [5.74, 6) is 0.423. The number of aromatic nitrogens is 6. The number of rotatable bonds is 10. The van der Waals surface area contributed by atoms with Crippen LogP contribution in [-0.2, 0) is 30.5 Å². The number of carbonyl (C=O) groups excluding carboxylic acids is 2. The highest BCUT2D eigenvalue weighted by molar-refractivity contribution is 6.33. The van der Waals surface area contributed by atoms with Crippen molar-refractivity contribution in [2.75, 3.05) is 43.0 Å². The van der Waals surface area contributed by atoms with Crippen LogP contribution < -0.4 is 25.2 Å². The number of fused-ring (bicyclic) bond motifs is 2. The zero-order chi connectivity index (χ0) is 42.4. The Morgan fingerprint density at radius 3 is 2.51 bits per heavy atom. The van der Waals surface area contributed by atoms with Gasteiger partial charge in [0.15, 0.2) is 17.3 Å². The van der Waals surface area contributed by atoms with E-state index in [4.69, 9.17) is 31.2 Å². The summed E-state index contributed by atoms with van der Waals surface area (Å²) in [6.07, 6.45) is -0.176. The van der Waals surface area contributed by atoms with E-state index in [0.29, 0.717) is 41.4 Å². The molecule has 2 amide bonds. The Hall–Kier alpha value is -6.49. The van der Waals surface area contributed by atoms with Gasteiger partial charge in [-0.1, -0.05) is 48.4 Å². The van der Waals surface area contributed by atoms with Gasteiger partial charge in [0.2, 0.25) is 11.7 Å². The number of hydrogen-bond donors (Lipinski definition) is 1. The van der Waals surface area contributed by atoms with Crippen molar-refractivity contribution < 1.29 is 32.2 Å². The Morgan fingerprint density at radius 1 is 1.00 bits per heavy atom. The third-order valence-corrected chi connectivity index (χ3v) is 11.7. The molecular weight excluding hydrogens is 815 g/mol. The average molecular weight is 854 g/mol. The van der Waals surface area contributed by atoms with E-state index in [-0.39, 0.29) is 79.2 Å². The minimum absolute atomic E-state index is 0.00189. The average Bonchev–Trinajstić information content (AvgIpc) is 3.90. The third kappa shape index (κ3) is 7.85. The van der Waals surface area contributed by atoms with Gasteiger partial charge in [-0.3, -0.25) is 14.4 Å². The van der Waals surface area contributed by atoms with Gasteiger partial charge in [-0.25, -0.2) is 9.97 Å². The second kappa shape index (κ2) is 16.2. The lowest BCUT2D eigenvalue weighted by atomic mass is 9.81. The smallest absolute Gasteiger partial charge is 0.416 e. The van der Waals surface area contributed by atoms with E-state index in [0.717, 1.165) is 54.3 Å². The van der Waals surface area contributed by atoms with Crippen molar-refractivity contribution in [2.45, 2.75) is 57.9 Å². The van der Waals surface area contributed by atoms with Crippen LogP contribution in [0, 0.1) is 6.92 Å². The molecule has 1 saturated heterocycles. The maximum absolute atomic E-state index is 14.8. The van der Waals surface area contributed by atoms with Gasteiger partial charge >= 0.3 is 6.18 Å². The molecular formula is C43H39ClF3N9O5. The van der Waals surface area contributed by atoms with Crippen molar-refractivity contribution in [2.24, 2.45) is 0 Å². The maximum Gasteiger partial charge on any atom is 0.416 e. The number of benzene rings is 3. The number of halogens is 4. The first kappa shape index (κ1) is 39.9. The Kier molecular flexibility index (Phi) is 10.6. The Bertz CT molecular complexity index is 2730. The van der Waals surface area contributed by atoms with Crippen molar-refractivity contribution in [3.8, 4) is 22.9 Å². The van der Waals surface area contributed by atoms with Crippen LogP contribution in [0.5, 0.6) is 11.5 Å². The van der Waals surface area contributed by atoms with E-state index >= 15 is 0 Å². The molecule has 6 aromatic rings. The normalized spacial score (nSPS) is 15.4. The molecule has 1 N–H and O–H groups in total. The van der Waals surface area contributed by atoms with E-state index in [2.05, 4.69) is 15.3 Å². The predicted molar refractivity (Wildman–Crippen MR) is 219 cm³/mol. The molecule has 5 heterocycles. The van der Waals surface area contributed by atoms with Gasteiger partial charge < -0.3 is 29.2 Å². The number of piperazine rings is 1. The van der Waals surface area contributed by atoms with Gasteiger partial charge in [0.05, 0.1) is 34.3 Å². The topological polar surface area (TPSA) is 149 Å². The summed E-state index contributed by atoms with van der Waals surface area (Å²) in [6.45, 7) is 3.21. The quantitative estimate of drug-likeness (QED) is 0.158. The molecule has 0 unspecified atom stereocenters. The first-order chi connectivity index (χ1) is 29.4. The van der Waals surface area contributed by atoms with E-state index in [9.17, 15) is 27.6 Å². The summed E-state index contributed by atoms with van der Waals surface area (Å²) in [6, 6.07) is 17.8. The summed E-state index contributed by atoms with van der Waals surface area (Å²) < 4.78 is 54.8.